The van der Waals surface area contributed by atoms with E-state index in [0.717, 1.165) is 32.1 Å². The summed E-state index contributed by atoms with van der Waals surface area (Å²) in [6, 6.07) is 0.971. The number of hydrogen-bond acceptors (Lipinski definition) is 3. The Hall–Kier alpha value is -0.610. The van der Waals surface area contributed by atoms with Crippen LogP contribution in [-0.4, -0.2) is 47.2 Å². The molecule has 104 valence electrons. The fourth-order valence-electron chi connectivity index (χ4n) is 3.33. The van der Waals surface area contributed by atoms with Gasteiger partial charge in [-0.1, -0.05) is 19.3 Å². The fraction of sp³-hybridized carbons (Fsp3) is 0.929. The van der Waals surface area contributed by atoms with Crippen LogP contribution in [-0.2, 0) is 4.79 Å². The van der Waals surface area contributed by atoms with Crippen LogP contribution >= 0.6 is 0 Å². The van der Waals surface area contributed by atoms with Crippen molar-refractivity contribution < 1.29 is 9.90 Å². The minimum absolute atomic E-state index is 0.133. The molecule has 0 spiro atoms. The van der Waals surface area contributed by atoms with Crippen LogP contribution in [0.1, 0.15) is 51.9 Å². The van der Waals surface area contributed by atoms with Gasteiger partial charge in [0.25, 0.3) is 0 Å². The van der Waals surface area contributed by atoms with E-state index in [1.165, 1.54) is 12.8 Å². The number of amides is 1. The van der Waals surface area contributed by atoms with Crippen LogP contribution in [0.25, 0.3) is 0 Å². The average Bonchev–Trinajstić information content (AvgIpc) is 2.84. The molecule has 0 bridgehead atoms. The number of aliphatic hydroxyl groups excluding tert-OH is 1. The van der Waals surface area contributed by atoms with E-state index in [1.54, 1.807) is 0 Å². The van der Waals surface area contributed by atoms with Crippen molar-refractivity contribution in [2.24, 2.45) is 0 Å². The van der Waals surface area contributed by atoms with Crippen LogP contribution in [0.2, 0.25) is 0 Å². The molecular formula is C14H26N2O2. The summed E-state index contributed by atoms with van der Waals surface area (Å²) in [5, 5.41) is 12.5. The van der Waals surface area contributed by atoms with Crippen LogP contribution in [0.5, 0.6) is 0 Å². The van der Waals surface area contributed by atoms with Crippen molar-refractivity contribution in [3.8, 4) is 0 Å². The van der Waals surface area contributed by atoms with Gasteiger partial charge in [0.05, 0.1) is 13.2 Å². The standard InChI is InChI=1S/C14H26N2O2/c1-11-5-4-8-13(10-17)16(11)9-14(18)15-12-6-2-3-7-12/h11-13,17H,2-10H2,1H3,(H,15,18). The van der Waals surface area contributed by atoms with Gasteiger partial charge in [-0.05, 0) is 32.6 Å². The lowest BCUT2D eigenvalue weighted by Crippen LogP contribution is -2.52. The van der Waals surface area contributed by atoms with Crippen LogP contribution in [0.15, 0.2) is 0 Å². The smallest absolute Gasteiger partial charge is 0.234 e. The van der Waals surface area contributed by atoms with Gasteiger partial charge in [0.2, 0.25) is 5.91 Å². The molecule has 0 aromatic heterocycles. The first kappa shape index (κ1) is 13.8. The summed E-state index contributed by atoms with van der Waals surface area (Å²) in [6.07, 6.45) is 8.04. The summed E-state index contributed by atoms with van der Waals surface area (Å²) < 4.78 is 0. The highest BCUT2D eigenvalue weighted by molar-refractivity contribution is 5.78. The molecule has 2 aliphatic rings. The molecule has 1 saturated heterocycles. The first-order valence-electron chi connectivity index (χ1n) is 7.36. The van der Waals surface area contributed by atoms with Crippen LogP contribution in [0.4, 0.5) is 0 Å². The molecule has 2 N–H and O–H groups in total. The second-order valence-electron chi connectivity index (χ2n) is 5.84. The second kappa shape index (κ2) is 6.53. The van der Waals surface area contributed by atoms with E-state index in [9.17, 15) is 9.90 Å². The maximum Gasteiger partial charge on any atom is 0.234 e. The normalized spacial score (nSPS) is 30.6. The van der Waals surface area contributed by atoms with Gasteiger partial charge in [-0.2, -0.15) is 0 Å². The van der Waals surface area contributed by atoms with E-state index in [4.69, 9.17) is 0 Å². The van der Waals surface area contributed by atoms with Crippen molar-refractivity contribution in [3.63, 3.8) is 0 Å². The van der Waals surface area contributed by atoms with Gasteiger partial charge in [0, 0.05) is 18.1 Å². The summed E-state index contributed by atoms with van der Waals surface area (Å²) in [5.41, 5.74) is 0. The molecule has 2 unspecified atom stereocenters. The lowest BCUT2D eigenvalue weighted by molar-refractivity contribution is -0.125. The van der Waals surface area contributed by atoms with Crippen LogP contribution in [0.3, 0.4) is 0 Å². The van der Waals surface area contributed by atoms with Gasteiger partial charge in [-0.3, -0.25) is 9.69 Å². The zero-order valence-electron chi connectivity index (χ0n) is 11.4. The van der Waals surface area contributed by atoms with Crippen molar-refractivity contribution in [2.45, 2.75) is 70.0 Å². The molecular weight excluding hydrogens is 228 g/mol. The summed E-state index contributed by atoms with van der Waals surface area (Å²) in [5.74, 6) is 0.133. The molecule has 1 aliphatic heterocycles. The number of piperidine rings is 1. The van der Waals surface area contributed by atoms with E-state index in [0.29, 0.717) is 18.6 Å². The minimum atomic E-state index is 0.133. The zero-order valence-corrected chi connectivity index (χ0v) is 11.4. The minimum Gasteiger partial charge on any atom is -0.395 e. The Balaban J connectivity index is 1.83. The highest BCUT2D eigenvalue weighted by Gasteiger charge is 2.29. The first-order chi connectivity index (χ1) is 8.70. The number of nitrogens with one attached hydrogen (secondary N) is 1. The maximum atomic E-state index is 12.0. The van der Waals surface area contributed by atoms with E-state index in [-0.39, 0.29) is 18.6 Å². The zero-order chi connectivity index (χ0) is 13.0. The summed E-state index contributed by atoms with van der Waals surface area (Å²) in [4.78, 5) is 14.2. The molecule has 1 heterocycles. The third kappa shape index (κ3) is 3.45. The van der Waals surface area contributed by atoms with Crippen LogP contribution in [0, 0.1) is 0 Å². The fourth-order valence-corrected chi connectivity index (χ4v) is 3.33. The number of hydrogen-bond donors (Lipinski definition) is 2. The number of carbonyl (C=O) groups excluding carboxylic acids is 1. The predicted molar refractivity (Wildman–Crippen MR) is 71.3 cm³/mol. The first-order valence-corrected chi connectivity index (χ1v) is 7.36. The molecule has 18 heavy (non-hydrogen) atoms. The van der Waals surface area contributed by atoms with Crippen molar-refractivity contribution in [1.82, 2.24) is 10.2 Å². The lowest BCUT2D eigenvalue weighted by Gasteiger charge is -2.39. The van der Waals surface area contributed by atoms with Crippen molar-refractivity contribution in [2.75, 3.05) is 13.2 Å². The molecule has 4 heteroatoms. The van der Waals surface area contributed by atoms with Crippen molar-refractivity contribution in [1.29, 1.82) is 0 Å². The largest absolute Gasteiger partial charge is 0.395 e. The monoisotopic (exact) mass is 254 g/mol. The second-order valence-corrected chi connectivity index (χ2v) is 5.84. The topological polar surface area (TPSA) is 52.6 Å². The summed E-state index contributed by atoms with van der Waals surface area (Å²) in [7, 11) is 0. The molecule has 2 fully saturated rings. The Labute approximate surface area is 110 Å². The van der Waals surface area contributed by atoms with Gasteiger partial charge in [0.1, 0.15) is 0 Å². The van der Waals surface area contributed by atoms with Crippen molar-refractivity contribution in [3.05, 3.63) is 0 Å². The van der Waals surface area contributed by atoms with Crippen molar-refractivity contribution >= 4 is 5.91 Å². The van der Waals surface area contributed by atoms with Gasteiger partial charge in [-0.15, -0.1) is 0 Å². The molecule has 0 aromatic carbocycles. The number of aliphatic hydroxyl groups is 1. The Kier molecular flexibility index (Phi) is 5.01. The average molecular weight is 254 g/mol. The van der Waals surface area contributed by atoms with Crippen LogP contribution < -0.4 is 5.32 Å². The highest BCUT2D eigenvalue weighted by Crippen LogP contribution is 2.22. The Bertz CT molecular complexity index is 277. The summed E-state index contributed by atoms with van der Waals surface area (Å²) >= 11 is 0. The number of nitrogens with zero attached hydrogens (tertiary/aromatic N) is 1. The van der Waals surface area contributed by atoms with E-state index >= 15 is 0 Å². The third-order valence-electron chi connectivity index (χ3n) is 4.45. The van der Waals surface area contributed by atoms with E-state index in [2.05, 4.69) is 17.1 Å². The Morgan fingerprint density at radius 1 is 1.22 bits per heavy atom. The molecule has 0 aromatic rings. The molecule has 1 aliphatic carbocycles. The van der Waals surface area contributed by atoms with E-state index < -0.39 is 0 Å². The van der Waals surface area contributed by atoms with Gasteiger partial charge in [-0.25, -0.2) is 0 Å². The van der Waals surface area contributed by atoms with E-state index in [1.807, 2.05) is 0 Å². The molecule has 2 rings (SSSR count). The highest BCUT2D eigenvalue weighted by atomic mass is 16.3. The Morgan fingerprint density at radius 2 is 1.94 bits per heavy atom. The van der Waals surface area contributed by atoms with Gasteiger partial charge >= 0.3 is 0 Å². The maximum absolute atomic E-state index is 12.0. The molecule has 2 atom stereocenters. The molecule has 0 radical (unpaired) electrons. The summed E-state index contributed by atoms with van der Waals surface area (Å²) in [6.45, 7) is 2.77. The number of carbonyl (C=O) groups is 1. The third-order valence-corrected chi connectivity index (χ3v) is 4.45. The number of likely N-dealkylation sites (tertiary alicyclic amines) is 1. The predicted octanol–water partition coefficient (Wildman–Crippen LogP) is 1.28. The Morgan fingerprint density at radius 3 is 2.61 bits per heavy atom. The van der Waals surface area contributed by atoms with Gasteiger partial charge in [0.15, 0.2) is 0 Å². The SMILES string of the molecule is CC1CCCC(CO)N1CC(=O)NC1CCCC1. The van der Waals surface area contributed by atoms with Gasteiger partial charge < -0.3 is 10.4 Å². The number of rotatable bonds is 4. The lowest BCUT2D eigenvalue weighted by atomic mass is 9.97. The molecule has 1 amide bonds. The molecule has 1 saturated carbocycles. The molecule has 4 nitrogen and oxygen atoms in total. The quantitative estimate of drug-likeness (QED) is 0.794.